The van der Waals surface area contributed by atoms with Gasteiger partial charge < -0.3 is 39.9 Å². The lowest BCUT2D eigenvalue weighted by atomic mass is 9.85. The summed E-state index contributed by atoms with van der Waals surface area (Å²) in [6.07, 6.45) is 1.98. The van der Waals surface area contributed by atoms with Crippen molar-refractivity contribution in [3.63, 3.8) is 0 Å². The van der Waals surface area contributed by atoms with Crippen LogP contribution in [0.2, 0.25) is 0 Å². The Morgan fingerprint density at radius 3 is 1.56 bits per heavy atom. The van der Waals surface area contributed by atoms with E-state index in [1.807, 2.05) is 56.6 Å². The summed E-state index contributed by atoms with van der Waals surface area (Å²) in [5.41, 5.74) is 7.06. The molecule has 2 aromatic heterocycles. The fraction of sp³-hybridized carbons (Fsp3) is 0.442. The van der Waals surface area contributed by atoms with Crippen LogP contribution in [0.15, 0.2) is 60.7 Å². The Hall–Kier alpha value is -5.92. The van der Waals surface area contributed by atoms with Gasteiger partial charge in [0, 0.05) is 13.1 Å². The van der Waals surface area contributed by atoms with Gasteiger partial charge in [-0.15, -0.1) is 0 Å². The zero-order chi connectivity index (χ0) is 40.6. The Balaban J connectivity index is 1.07. The van der Waals surface area contributed by atoms with Crippen molar-refractivity contribution >= 4 is 46.1 Å². The zero-order valence-electron chi connectivity index (χ0n) is 33.6. The maximum absolute atomic E-state index is 13.8. The van der Waals surface area contributed by atoms with E-state index >= 15 is 0 Å². The van der Waals surface area contributed by atoms with Crippen LogP contribution in [0.25, 0.3) is 44.3 Å². The van der Waals surface area contributed by atoms with Crippen LogP contribution in [0.3, 0.4) is 0 Å². The molecule has 0 spiro atoms. The van der Waals surface area contributed by atoms with Crippen molar-refractivity contribution in [1.82, 2.24) is 40.4 Å². The Morgan fingerprint density at radius 1 is 0.684 bits per heavy atom. The Morgan fingerprint density at radius 2 is 1.12 bits per heavy atom. The second kappa shape index (κ2) is 15.9. The quantitative estimate of drug-likeness (QED) is 0.121. The maximum Gasteiger partial charge on any atom is 0.407 e. The van der Waals surface area contributed by atoms with E-state index in [1.165, 1.54) is 14.2 Å². The number of aromatic nitrogens is 4. The number of imidazole rings is 2. The molecule has 2 aliphatic heterocycles. The number of nitrogens with zero attached hydrogens (tertiary/aromatic N) is 4. The summed E-state index contributed by atoms with van der Waals surface area (Å²) < 4.78 is 9.59. The van der Waals surface area contributed by atoms with Crippen LogP contribution >= 0.6 is 0 Å². The molecule has 2 saturated heterocycles. The van der Waals surface area contributed by atoms with Gasteiger partial charge in [0.05, 0.1) is 48.4 Å². The number of nitrogens with one attached hydrogen (secondary N) is 4. The molecule has 7 rings (SSSR count). The standard InChI is InChI=1S/C43H52N8O6/c1-24(2)35(48-41(54)56-6)39(52)50-20-8-10-33(50)37-44-29-18-16-27(22-31(29)46-37)25-12-14-26(15-13-25)28-17-19-30-32(23-28)47-38(45-30)34-11-9-21-51(34)40(53)36(43(3,4)5)49-42(55)57-7/h12-19,22-24,33-36H,8-11,20-21H2,1-7H3,(H,44,46)(H,45,47)(H,48,54)(H,49,55)/t33-,34-,35-,36?/m0/s1. The van der Waals surface area contributed by atoms with Crippen molar-refractivity contribution < 1.29 is 28.7 Å². The Kier molecular flexibility index (Phi) is 11.0. The van der Waals surface area contributed by atoms with Gasteiger partial charge in [0.2, 0.25) is 11.8 Å². The molecule has 0 radical (unpaired) electrons. The number of hydrogen-bond donors (Lipinski definition) is 4. The number of benzene rings is 3. The van der Waals surface area contributed by atoms with E-state index in [1.54, 1.807) is 0 Å². The highest BCUT2D eigenvalue weighted by atomic mass is 16.5. The average molecular weight is 777 g/mol. The topological polar surface area (TPSA) is 175 Å². The minimum Gasteiger partial charge on any atom is -0.453 e. The van der Waals surface area contributed by atoms with Crippen molar-refractivity contribution in [2.45, 2.75) is 84.5 Å². The molecule has 4 N–H and O–H groups in total. The molecular formula is C43H52N8O6. The van der Waals surface area contributed by atoms with Gasteiger partial charge in [0.15, 0.2) is 0 Å². The summed E-state index contributed by atoms with van der Waals surface area (Å²) in [5, 5.41) is 5.45. The molecule has 5 aromatic rings. The van der Waals surface area contributed by atoms with Gasteiger partial charge >= 0.3 is 12.2 Å². The van der Waals surface area contributed by atoms with E-state index in [2.05, 4.69) is 69.1 Å². The molecule has 300 valence electrons. The fourth-order valence-corrected chi connectivity index (χ4v) is 8.09. The third kappa shape index (κ3) is 8.03. The van der Waals surface area contributed by atoms with Gasteiger partial charge in [0.1, 0.15) is 23.7 Å². The molecule has 4 atom stereocenters. The molecular weight excluding hydrogens is 725 g/mol. The zero-order valence-corrected chi connectivity index (χ0v) is 33.6. The van der Waals surface area contributed by atoms with Crippen molar-refractivity contribution in [3.05, 3.63) is 72.3 Å². The van der Waals surface area contributed by atoms with E-state index in [0.717, 1.165) is 81.7 Å². The smallest absolute Gasteiger partial charge is 0.407 e. The molecule has 57 heavy (non-hydrogen) atoms. The molecule has 2 aliphatic rings. The second-order valence-electron chi connectivity index (χ2n) is 16.5. The predicted molar refractivity (Wildman–Crippen MR) is 217 cm³/mol. The van der Waals surface area contributed by atoms with Gasteiger partial charge in [-0.05, 0) is 83.5 Å². The summed E-state index contributed by atoms with van der Waals surface area (Å²) in [6.45, 7) is 10.8. The van der Waals surface area contributed by atoms with Gasteiger partial charge in [0.25, 0.3) is 0 Å². The summed E-state index contributed by atoms with van der Waals surface area (Å²) in [5.74, 6) is 1.07. The average Bonchev–Trinajstić information content (AvgIpc) is 4.02. The van der Waals surface area contributed by atoms with Crippen LogP contribution in [0.1, 0.15) is 84.0 Å². The molecule has 1 unspecified atom stereocenters. The van der Waals surface area contributed by atoms with E-state index in [-0.39, 0.29) is 29.8 Å². The molecule has 4 heterocycles. The van der Waals surface area contributed by atoms with Crippen LogP contribution in [0.5, 0.6) is 0 Å². The lowest BCUT2D eigenvalue weighted by Gasteiger charge is -2.34. The number of rotatable bonds is 9. The minimum atomic E-state index is -0.745. The first-order valence-electron chi connectivity index (χ1n) is 19.7. The number of amides is 4. The molecule has 2 fully saturated rings. The SMILES string of the molecule is COC(=O)NC(C(=O)N1CCC[C@H]1c1nc2ccc(-c3ccc(-c4ccc5nc([C@@H]6CCCN6C(=O)[C@@H](NC(=O)OC)C(C)C)[nH]c5c4)cc3)cc2[nH]1)C(C)(C)C. The number of carbonyl (C=O) groups is 4. The van der Waals surface area contributed by atoms with Crippen molar-refractivity contribution in [1.29, 1.82) is 0 Å². The first-order valence-corrected chi connectivity index (χ1v) is 19.7. The second-order valence-corrected chi connectivity index (χ2v) is 16.5. The van der Waals surface area contributed by atoms with Crippen LogP contribution < -0.4 is 10.6 Å². The van der Waals surface area contributed by atoms with Crippen molar-refractivity contribution in [2.24, 2.45) is 11.3 Å². The summed E-state index contributed by atoms with van der Waals surface area (Å²) in [6, 6.07) is 18.8. The number of ether oxygens (including phenoxy) is 2. The Bertz CT molecular complexity index is 2290. The maximum atomic E-state index is 13.8. The number of carbonyl (C=O) groups excluding carboxylic acids is 4. The van der Waals surface area contributed by atoms with E-state index in [0.29, 0.717) is 13.1 Å². The normalized spacial score (nSPS) is 18.2. The highest BCUT2D eigenvalue weighted by Gasteiger charge is 2.41. The minimum absolute atomic E-state index is 0.109. The number of hydrogen-bond acceptors (Lipinski definition) is 8. The number of aromatic amines is 2. The monoisotopic (exact) mass is 776 g/mol. The Labute approximate surface area is 332 Å². The van der Waals surface area contributed by atoms with Crippen LogP contribution in [0.4, 0.5) is 9.59 Å². The molecule has 0 saturated carbocycles. The number of methoxy groups -OCH3 is 2. The van der Waals surface area contributed by atoms with Gasteiger partial charge in [-0.2, -0.15) is 0 Å². The third-order valence-electron chi connectivity index (χ3n) is 11.2. The predicted octanol–water partition coefficient (Wildman–Crippen LogP) is 7.25. The molecule has 0 aliphatic carbocycles. The first-order chi connectivity index (χ1) is 27.2. The van der Waals surface area contributed by atoms with Crippen LogP contribution in [0, 0.1) is 11.3 Å². The lowest BCUT2D eigenvalue weighted by molar-refractivity contribution is -0.137. The van der Waals surface area contributed by atoms with Crippen molar-refractivity contribution in [3.8, 4) is 22.3 Å². The molecule has 14 nitrogen and oxygen atoms in total. The number of fused-ring (bicyclic) bond motifs is 2. The van der Waals surface area contributed by atoms with E-state index in [9.17, 15) is 19.2 Å². The molecule has 3 aromatic carbocycles. The van der Waals surface area contributed by atoms with Crippen molar-refractivity contribution in [2.75, 3.05) is 27.3 Å². The van der Waals surface area contributed by atoms with Gasteiger partial charge in [-0.3, -0.25) is 9.59 Å². The lowest BCUT2D eigenvalue weighted by Crippen LogP contribution is -2.54. The van der Waals surface area contributed by atoms with E-state index in [4.69, 9.17) is 19.4 Å². The molecule has 14 heteroatoms. The summed E-state index contributed by atoms with van der Waals surface area (Å²) in [4.78, 5) is 72.0. The molecule has 0 bridgehead atoms. The van der Waals surface area contributed by atoms with Crippen LogP contribution in [-0.4, -0.2) is 93.1 Å². The highest BCUT2D eigenvalue weighted by Crippen LogP contribution is 2.36. The number of H-pyrrole nitrogens is 2. The summed E-state index contributed by atoms with van der Waals surface area (Å²) in [7, 11) is 2.59. The van der Waals surface area contributed by atoms with Gasteiger partial charge in [-0.1, -0.05) is 71.0 Å². The van der Waals surface area contributed by atoms with Gasteiger partial charge in [-0.25, -0.2) is 19.6 Å². The number of likely N-dealkylation sites (tertiary alicyclic amines) is 2. The third-order valence-corrected chi connectivity index (χ3v) is 11.2. The first kappa shape index (κ1) is 39.3. The fourth-order valence-electron chi connectivity index (χ4n) is 8.09. The largest absolute Gasteiger partial charge is 0.453 e. The van der Waals surface area contributed by atoms with Crippen LogP contribution in [-0.2, 0) is 19.1 Å². The van der Waals surface area contributed by atoms with E-state index < -0.39 is 29.7 Å². The summed E-state index contributed by atoms with van der Waals surface area (Å²) >= 11 is 0. The number of alkyl carbamates (subject to hydrolysis) is 2. The molecule has 4 amide bonds. The highest BCUT2D eigenvalue weighted by molar-refractivity contribution is 5.89.